The Balaban J connectivity index is 1.15. The molecule has 0 aliphatic heterocycles. The summed E-state index contributed by atoms with van der Waals surface area (Å²) in [5, 5.41) is 2.80. The third-order valence-electron chi connectivity index (χ3n) is 9.84. The molecular weight excluding hydrogens is 679 g/mol. The highest BCUT2D eigenvalue weighted by Crippen LogP contribution is 2.44. The van der Waals surface area contributed by atoms with Crippen LogP contribution in [0, 0.1) is 0 Å². The number of nitrogens with zero attached hydrogens (tertiary/aromatic N) is 2. The van der Waals surface area contributed by atoms with Crippen LogP contribution in [0.25, 0.3) is 11.1 Å². The lowest BCUT2D eigenvalue weighted by Crippen LogP contribution is -2.44. The first kappa shape index (κ1) is 36.3. The summed E-state index contributed by atoms with van der Waals surface area (Å²) in [7, 11) is 1.59. The van der Waals surface area contributed by atoms with Crippen molar-refractivity contribution in [3.63, 3.8) is 0 Å². The van der Waals surface area contributed by atoms with Crippen molar-refractivity contribution in [3.05, 3.63) is 186 Å². The molecule has 5 aromatic carbocycles. The Morgan fingerprint density at radius 2 is 1.20 bits per heavy atom. The number of rotatable bonds is 16. The Bertz CT molecular complexity index is 2000. The molecule has 1 N–H and O–H groups in total. The average molecular weight is 722 g/mol. The number of alkyl carbamates (subject to hydrolysis) is 1. The molecule has 1 aliphatic rings. The van der Waals surface area contributed by atoms with Gasteiger partial charge in [-0.15, -0.1) is 0 Å². The van der Waals surface area contributed by atoms with E-state index in [4.69, 9.17) is 23.9 Å². The Hall–Kier alpha value is -6.03. The molecule has 1 amide bonds. The number of hydrogen-bond donors (Lipinski definition) is 1. The van der Waals surface area contributed by atoms with Crippen LogP contribution in [0.15, 0.2) is 152 Å². The number of carbonyl (C=O) groups is 2. The van der Waals surface area contributed by atoms with E-state index in [1.807, 2.05) is 85.1 Å². The van der Waals surface area contributed by atoms with E-state index in [0.717, 1.165) is 38.9 Å². The normalized spacial score (nSPS) is 12.8. The van der Waals surface area contributed by atoms with E-state index in [1.165, 1.54) is 0 Å². The number of nitrogens with one attached hydrogen (secondary N) is 1. The molecular formula is C45H43N3O6. The molecule has 9 nitrogen and oxygen atoms in total. The molecule has 0 fully saturated rings. The highest BCUT2D eigenvalue weighted by molar-refractivity contribution is 5.82. The van der Waals surface area contributed by atoms with E-state index in [1.54, 1.807) is 13.4 Å². The van der Waals surface area contributed by atoms with E-state index in [9.17, 15) is 9.59 Å². The van der Waals surface area contributed by atoms with Crippen molar-refractivity contribution in [1.82, 2.24) is 14.9 Å². The number of fused-ring (bicyclic) bond motifs is 3. The molecule has 1 aliphatic carbocycles. The van der Waals surface area contributed by atoms with Crippen molar-refractivity contribution in [1.29, 1.82) is 0 Å². The van der Waals surface area contributed by atoms with Crippen LogP contribution in [-0.4, -0.2) is 67.8 Å². The van der Waals surface area contributed by atoms with Crippen LogP contribution in [0.3, 0.4) is 0 Å². The average Bonchev–Trinajstić information content (AvgIpc) is 3.82. The summed E-state index contributed by atoms with van der Waals surface area (Å²) >= 11 is 0. The summed E-state index contributed by atoms with van der Waals surface area (Å²) in [5.74, 6) is -0.746. The summed E-state index contributed by atoms with van der Waals surface area (Å²) in [6, 6.07) is 46.0. The number of methoxy groups -OCH3 is 1. The van der Waals surface area contributed by atoms with Crippen molar-refractivity contribution < 1.29 is 28.5 Å². The second-order valence-electron chi connectivity index (χ2n) is 13.1. The number of benzene rings is 5. The van der Waals surface area contributed by atoms with Crippen molar-refractivity contribution >= 4 is 12.1 Å². The number of carbonyl (C=O) groups excluding carboxylic acids is 2. The zero-order chi connectivity index (χ0) is 37.2. The van der Waals surface area contributed by atoms with Gasteiger partial charge in [0.05, 0.1) is 31.8 Å². The summed E-state index contributed by atoms with van der Waals surface area (Å²) in [5.41, 5.74) is 7.35. The van der Waals surface area contributed by atoms with E-state index in [0.29, 0.717) is 18.9 Å². The van der Waals surface area contributed by atoms with Gasteiger partial charge in [0, 0.05) is 25.6 Å². The molecule has 274 valence electrons. The lowest BCUT2D eigenvalue weighted by Gasteiger charge is -2.37. The first-order valence-electron chi connectivity index (χ1n) is 18.1. The maximum absolute atomic E-state index is 13.6. The number of esters is 1. The molecule has 1 heterocycles. The lowest BCUT2D eigenvalue weighted by molar-refractivity contribution is -0.147. The standard InChI is InChI=1S/C45H43N3O6/c1-51-25-26-52-27-28-53-43(49)42(47-44(50)54-31-41-39-23-13-11-21-37(39)38-22-12-14-24-40(38)41)29-36-30-48(32-46-36)45(33-15-5-2-6-16-33,34-17-7-3-8-18-34)35-19-9-4-10-20-35/h2-24,30,32,41-42H,25-29,31H2,1H3,(H,47,50). The minimum absolute atomic E-state index is 0.0129. The van der Waals surface area contributed by atoms with E-state index >= 15 is 0 Å². The monoisotopic (exact) mass is 721 g/mol. The molecule has 54 heavy (non-hydrogen) atoms. The van der Waals surface area contributed by atoms with Crippen LogP contribution >= 0.6 is 0 Å². The molecule has 1 atom stereocenters. The Kier molecular flexibility index (Phi) is 11.6. The van der Waals surface area contributed by atoms with Gasteiger partial charge in [-0.25, -0.2) is 14.6 Å². The second-order valence-corrected chi connectivity index (χ2v) is 13.1. The predicted molar refractivity (Wildman–Crippen MR) is 206 cm³/mol. The fraction of sp³-hybridized carbons (Fsp3) is 0.222. The van der Waals surface area contributed by atoms with Crippen molar-refractivity contribution in [2.24, 2.45) is 0 Å². The van der Waals surface area contributed by atoms with Gasteiger partial charge in [0.1, 0.15) is 24.8 Å². The zero-order valence-electron chi connectivity index (χ0n) is 30.2. The highest BCUT2D eigenvalue weighted by Gasteiger charge is 2.39. The summed E-state index contributed by atoms with van der Waals surface area (Å²) in [4.78, 5) is 31.9. The second kappa shape index (κ2) is 17.2. The minimum Gasteiger partial charge on any atom is -0.462 e. The number of imidazole rings is 1. The van der Waals surface area contributed by atoms with Crippen molar-refractivity contribution in [2.45, 2.75) is 23.9 Å². The van der Waals surface area contributed by atoms with Gasteiger partial charge >= 0.3 is 12.1 Å². The van der Waals surface area contributed by atoms with E-state index < -0.39 is 23.6 Å². The smallest absolute Gasteiger partial charge is 0.407 e. The van der Waals surface area contributed by atoms with Crippen molar-refractivity contribution in [3.8, 4) is 11.1 Å². The molecule has 6 aromatic rings. The summed E-state index contributed by atoms with van der Waals surface area (Å²) < 4.78 is 24.0. The number of ether oxygens (including phenoxy) is 4. The van der Waals surface area contributed by atoms with E-state index in [2.05, 4.69) is 70.5 Å². The Morgan fingerprint density at radius 3 is 1.76 bits per heavy atom. The predicted octanol–water partition coefficient (Wildman–Crippen LogP) is 7.38. The summed E-state index contributed by atoms with van der Waals surface area (Å²) in [6.45, 7) is 1.11. The van der Waals surface area contributed by atoms with E-state index in [-0.39, 0.29) is 32.2 Å². The van der Waals surface area contributed by atoms with Gasteiger partial charge in [0.2, 0.25) is 0 Å². The van der Waals surface area contributed by atoms with Gasteiger partial charge < -0.3 is 28.8 Å². The minimum atomic E-state index is -1.08. The fourth-order valence-corrected chi connectivity index (χ4v) is 7.37. The lowest BCUT2D eigenvalue weighted by atomic mass is 9.77. The van der Waals surface area contributed by atoms with Crippen molar-refractivity contribution in [2.75, 3.05) is 40.1 Å². The molecule has 0 bridgehead atoms. The molecule has 1 aromatic heterocycles. The SMILES string of the molecule is COCCOCCOC(=O)C(Cc1cn(C(c2ccccc2)(c2ccccc2)c2ccccc2)cn1)NC(=O)OCC1c2ccccc2-c2ccccc21. The van der Waals surface area contributed by atoms with Crippen LogP contribution in [0.1, 0.15) is 39.4 Å². The molecule has 0 spiro atoms. The van der Waals surface area contributed by atoms with Gasteiger partial charge in [0.15, 0.2) is 0 Å². The molecule has 7 rings (SSSR count). The van der Waals surface area contributed by atoms with Gasteiger partial charge in [-0.1, -0.05) is 140 Å². The molecule has 0 saturated carbocycles. The quantitative estimate of drug-likeness (QED) is 0.0633. The molecule has 0 radical (unpaired) electrons. The third kappa shape index (κ3) is 7.69. The molecule has 0 saturated heterocycles. The van der Waals surface area contributed by atoms with Gasteiger partial charge in [0.25, 0.3) is 0 Å². The van der Waals surface area contributed by atoms with Crippen LogP contribution < -0.4 is 5.32 Å². The van der Waals surface area contributed by atoms with Crippen LogP contribution in [-0.2, 0) is 35.7 Å². The Morgan fingerprint density at radius 1 is 0.685 bits per heavy atom. The number of amides is 1. The fourth-order valence-electron chi connectivity index (χ4n) is 7.37. The maximum atomic E-state index is 13.6. The van der Waals surface area contributed by atoms with Gasteiger partial charge in [-0.3, -0.25) is 0 Å². The van der Waals surface area contributed by atoms with Gasteiger partial charge in [-0.2, -0.15) is 0 Å². The highest BCUT2D eigenvalue weighted by atomic mass is 16.6. The molecule has 9 heteroatoms. The maximum Gasteiger partial charge on any atom is 0.407 e. The first-order valence-corrected chi connectivity index (χ1v) is 18.1. The largest absolute Gasteiger partial charge is 0.462 e. The van der Waals surface area contributed by atoms with Crippen LogP contribution in [0.5, 0.6) is 0 Å². The number of aromatic nitrogens is 2. The third-order valence-corrected chi connectivity index (χ3v) is 9.84. The molecule has 1 unspecified atom stereocenters. The van der Waals surface area contributed by atoms with Crippen LogP contribution in [0.2, 0.25) is 0 Å². The summed E-state index contributed by atoms with van der Waals surface area (Å²) in [6.07, 6.45) is 3.05. The Labute approximate surface area is 315 Å². The van der Waals surface area contributed by atoms with Gasteiger partial charge in [-0.05, 0) is 38.9 Å². The topological polar surface area (TPSA) is 101 Å². The first-order chi connectivity index (χ1) is 26.6. The number of hydrogen-bond acceptors (Lipinski definition) is 7. The van der Waals surface area contributed by atoms with Crippen LogP contribution in [0.4, 0.5) is 4.79 Å². The zero-order valence-corrected chi connectivity index (χ0v) is 30.2.